The molecule has 2 aliphatic rings. The molecule has 5 heteroatoms. The first-order valence-corrected chi connectivity index (χ1v) is 7.85. The summed E-state index contributed by atoms with van der Waals surface area (Å²) in [5, 5.41) is 0. The molecule has 1 heterocycles. The summed E-state index contributed by atoms with van der Waals surface area (Å²) in [4.78, 5) is 30.9. The van der Waals surface area contributed by atoms with Crippen molar-refractivity contribution < 1.29 is 9.59 Å². The minimum Gasteiger partial charge on any atom is -0.320 e. The van der Waals surface area contributed by atoms with Crippen LogP contribution in [0.25, 0.3) is 0 Å². The summed E-state index contributed by atoms with van der Waals surface area (Å²) in [6.45, 7) is 5.50. The van der Waals surface area contributed by atoms with Gasteiger partial charge in [0.05, 0.1) is 5.54 Å². The lowest BCUT2D eigenvalue weighted by atomic mass is 9.72. The predicted octanol–water partition coefficient (Wildman–Crippen LogP) is 3.05. The first kappa shape index (κ1) is 14.8. The first-order valence-electron chi connectivity index (χ1n) is 7.85. The van der Waals surface area contributed by atoms with Crippen LogP contribution in [0.4, 0.5) is 10.5 Å². The number of rotatable bonds is 4. The molecule has 1 saturated heterocycles. The topological polar surface area (TPSA) is 53.0 Å². The number of nitrogens with zero attached hydrogens (tertiary/aromatic N) is 3. The second kappa shape index (κ2) is 5.58. The summed E-state index contributed by atoms with van der Waals surface area (Å²) >= 11 is 0. The number of aliphatic imine (C=N–C) groups is 1. The molecule has 0 N–H and O–H groups in total. The Balaban J connectivity index is 1.89. The Kier molecular flexibility index (Phi) is 3.75. The van der Waals surface area contributed by atoms with E-state index in [9.17, 15) is 9.59 Å². The average Bonchev–Trinajstić information content (AvgIpc) is 2.85. The minimum atomic E-state index is -0.418. The smallest absolute Gasteiger partial charge is 0.320 e. The summed E-state index contributed by atoms with van der Waals surface area (Å²) in [6.07, 6.45) is 4.53. The van der Waals surface area contributed by atoms with Gasteiger partial charge in [-0.15, -0.1) is 0 Å². The molecular formula is C17H21N3O2. The summed E-state index contributed by atoms with van der Waals surface area (Å²) in [5.74, 6) is 0. The second-order valence-corrected chi connectivity index (χ2v) is 6.36. The monoisotopic (exact) mass is 299 g/mol. The van der Waals surface area contributed by atoms with Gasteiger partial charge >= 0.3 is 6.03 Å². The van der Waals surface area contributed by atoms with Crippen molar-refractivity contribution in [1.82, 2.24) is 4.90 Å². The number of hydrogen-bond acceptors (Lipinski definition) is 3. The molecular weight excluding hydrogens is 278 g/mol. The zero-order chi connectivity index (χ0) is 15.7. The Morgan fingerprint density at radius 3 is 2.59 bits per heavy atom. The number of isocyanates is 1. The molecule has 5 nitrogen and oxygen atoms in total. The molecule has 22 heavy (non-hydrogen) atoms. The van der Waals surface area contributed by atoms with E-state index in [0.29, 0.717) is 6.54 Å². The van der Waals surface area contributed by atoms with Crippen LogP contribution in [-0.4, -0.2) is 36.1 Å². The second-order valence-electron chi connectivity index (χ2n) is 6.36. The Bertz CT molecular complexity index is 631. The van der Waals surface area contributed by atoms with Crippen molar-refractivity contribution >= 4 is 17.8 Å². The molecule has 1 aromatic rings. The van der Waals surface area contributed by atoms with Gasteiger partial charge in [0.25, 0.3) is 0 Å². The zero-order valence-electron chi connectivity index (χ0n) is 13.1. The normalized spacial score (nSPS) is 20.0. The van der Waals surface area contributed by atoms with Crippen LogP contribution in [0.15, 0.2) is 29.3 Å². The van der Waals surface area contributed by atoms with Crippen molar-refractivity contribution in [3.05, 3.63) is 29.8 Å². The molecule has 1 aliphatic heterocycles. The molecule has 0 unspecified atom stereocenters. The zero-order valence-corrected chi connectivity index (χ0v) is 13.1. The maximum Gasteiger partial charge on any atom is 0.324 e. The molecule has 0 spiro atoms. The highest BCUT2D eigenvalue weighted by Gasteiger charge is 2.39. The maximum absolute atomic E-state index is 12.5. The molecule has 116 valence electrons. The van der Waals surface area contributed by atoms with Crippen molar-refractivity contribution in [3.63, 3.8) is 0 Å². The van der Waals surface area contributed by atoms with E-state index < -0.39 is 5.54 Å². The van der Waals surface area contributed by atoms with E-state index in [1.807, 2.05) is 43.0 Å². The van der Waals surface area contributed by atoms with Crippen LogP contribution in [0.2, 0.25) is 0 Å². The Morgan fingerprint density at radius 1 is 1.27 bits per heavy atom. The standard InChI is InChI=1S/C17H21N3O2/c1-13(2)19-9-10-20(16(19)22)15-6-3-5-14(11-15)17(18-12-21)7-4-8-17/h3,5-6,11,13H,4,7-10H2,1-2H3. The molecule has 0 bridgehead atoms. The fraction of sp³-hybridized carbons (Fsp3) is 0.529. The maximum atomic E-state index is 12.5. The molecule has 0 aromatic heterocycles. The fourth-order valence-corrected chi connectivity index (χ4v) is 3.30. The first-order chi connectivity index (χ1) is 10.6. The summed E-state index contributed by atoms with van der Waals surface area (Å²) in [6, 6.07) is 8.14. The number of carbonyl (C=O) groups is 1. The van der Waals surface area contributed by atoms with E-state index in [-0.39, 0.29) is 12.1 Å². The highest BCUT2D eigenvalue weighted by atomic mass is 16.2. The fourth-order valence-electron chi connectivity index (χ4n) is 3.30. The van der Waals surface area contributed by atoms with Crippen molar-refractivity contribution in [2.24, 2.45) is 4.99 Å². The van der Waals surface area contributed by atoms with Crippen LogP contribution >= 0.6 is 0 Å². The van der Waals surface area contributed by atoms with Gasteiger partial charge < -0.3 is 4.90 Å². The van der Waals surface area contributed by atoms with E-state index in [2.05, 4.69) is 4.99 Å². The predicted molar refractivity (Wildman–Crippen MR) is 84.7 cm³/mol. The highest BCUT2D eigenvalue weighted by Crippen LogP contribution is 2.45. The lowest BCUT2D eigenvalue weighted by Crippen LogP contribution is -2.36. The van der Waals surface area contributed by atoms with Crippen molar-refractivity contribution in [3.8, 4) is 0 Å². The molecule has 1 aliphatic carbocycles. The molecule has 2 fully saturated rings. The SMILES string of the molecule is CC(C)N1CCN(c2cccc(C3(N=C=O)CCC3)c2)C1=O. The van der Waals surface area contributed by atoms with Gasteiger partial charge in [0.15, 0.2) is 0 Å². The third-order valence-corrected chi connectivity index (χ3v) is 4.80. The number of anilines is 1. The van der Waals surface area contributed by atoms with Crippen molar-refractivity contribution in [1.29, 1.82) is 0 Å². The summed E-state index contributed by atoms with van der Waals surface area (Å²) in [7, 11) is 0. The molecule has 0 radical (unpaired) electrons. The van der Waals surface area contributed by atoms with E-state index in [1.165, 1.54) is 0 Å². The van der Waals surface area contributed by atoms with E-state index in [0.717, 1.165) is 37.1 Å². The summed E-state index contributed by atoms with van der Waals surface area (Å²) in [5.41, 5.74) is 1.48. The quantitative estimate of drug-likeness (QED) is 0.634. The number of carbonyl (C=O) groups excluding carboxylic acids is 2. The van der Waals surface area contributed by atoms with Crippen LogP contribution in [0.3, 0.4) is 0 Å². The molecule has 1 aromatic carbocycles. The van der Waals surface area contributed by atoms with Crippen LogP contribution in [0.1, 0.15) is 38.7 Å². The van der Waals surface area contributed by atoms with Gasteiger partial charge in [-0.3, -0.25) is 4.90 Å². The van der Waals surface area contributed by atoms with Crippen molar-refractivity contribution in [2.45, 2.75) is 44.7 Å². The lowest BCUT2D eigenvalue weighted by molar-refractivity contribution is 0.209. The van der Waals surface area contributed by atoms with Gasteiger partial charge in [-0.1, -0.05) is 12.1 Å². The minimum absolute atomic E-state index is 0.0497. The molecule has 3 rings (SSSR count). The van der Waals surface area contributed by atoms with Crippen LogP contribution < -0.4 is 4.90 Å². The van der Waals surface area contributed by atoms with Crippen molar-refractivity contribution in [2.75, 3.05) is 18.0 Å². The third-order valence-electron chi connectivity index (χ3n) is 4.80. The number of benzene rings is 1. The van der Waals surface area contributed by atoms with Gasteiger partial charge in [-0.2, -0.15) is 4.99 Å². The Hall–Kier alpha value is -2.13. The Labute approximate surface area is 130 Å². The molecule has 2 amide bonds. The largest absolute Gasteiger partial charge is 0.324 e. The van der Waals surface area contributed by atoms with E-state index in [1.54, 1.807) is 11.0 Å². The summed E-state index contributed by atoms with van der Waals surface area (Å²) < 4.78 is 0. The van der Waals surface area contributed by atoms with E-state index in [4.69, 9.17) is 0 Å². The lowest BCUT2D eigenvalue weighted by Gasteiger charge is -2.37. The average molecular weight is 299 g/mol. The highest BCUT2D eigenvalue weighted by molar-refractivity contribution is 5.94. The number of urea groups is 1. The van der Waals surface area contributed by atoms with Gasteiger partial charge in [-0.25, -0.2) is 9.59 Å². The number of hydrogen-bond donors (Lipinski definition) is 0. The van der Waals surface area contributed by atoms with Gasteiger partial charge in [0, 0.05) is 24.8 Å². The van der Waals surface area contributed by atoms with Gasteiger partial charge in [0.1, 0.15) is 0 Å². The Morgan fingerprint density at radius 2 is 2.05 bits per heavy atom. The van der Waals surface area contributed by atoms with E-state index >= 15 is 0 Å². The molecule has 1 saturated carbocycles. The van der Waals surface area contributed by atoms with Crippen LogP contribution in [0, 0.1) is 0 Å². The van der Waals surface area contributed by atoms with Crippen LogP contribution in [-0.2, 0) is 10.3 Å². The van der Waals surface area contributed by atoms with Crippen LogP contribution in [0.5, 0.6) is 0 Å². The third kappa shape index (κ3) is 2.32. The number of amides is 2. The molecule has 0 atom stereocenters. The van der Waals surface area contributed by atoms with Gasteiger partial charge in [0.2, 0.25) is 6.08 Å². The van der Waals surface area contributed by atoms with Gasteiger partial charge in [-0.05, 0) is 50.8 Å².